The van der Waals surface area contributed by atoms with Crippen molar-refractivity contribution in [2.75, 3.05) is 11.5 Å². The van der Waals surface area contributed by atoms with Gasteiger partial charge >= 0.3 is 0 Å². The Morgan fingerprint density at radius 3 is 1.95 bits per heavy atom. The lowest BCUT2D eigenvalue weighted by atomic mass is 10.1. The third-order valence-electron chi connectivity index (χ3n) is 6.72. The maximum atomic E-state index is 5.83. The van der Waals surface area contributed by atoms with Gasteiger partial charge in [0.15, 0.2) is 0 Å². The summed E-state index contributed by atoms with van der Waals surface area (Å²) < 4.78 is 22.3. The quantitative estimate of drug-likeness (QED) is 0.122. The Labute approximate surface area is 229 Å². The second-order valence-corrected chi connectivity index (χ2v) is 9.49. The standard InChI is InChI=1S/C34H33NO4/c1-25-8-13-32(22-26(25)2)35(30-14-9-28(10-15-30)18-21-36-23-33-6-4-19-37-33)31-16-11-29(12-17-31)27(3)39-24-34-7-5-20-38-34/h4-17,19-20,22H,3,18,21,23-24H2,1-2H3. The van der Waals surface area contributed by atoms with E-state index in [1.54, 1.807) is 12.5 Å². The Balaban J connectivity index is 1.31. The molecule has 5 aromatic rings. The van der Waals surface area contributed by atoms with E-state index in [0.717, 1.165) is 40.6 Å². The molecule has 0 aliphatic heterocycles. The fourth-order valence-corrected chi connectivity index (χ4v) is 4.31. The van der Waals surface area contributed by atoms with Gasteiger partial charge in [0.2, 0.25) is 0 Å². The smallest absolute Gasteiger partial charge is 0.146 e. The molecule has 2 aromatic heterocycles. The molecule has 39 heavy (non-hydrogen) atoms. The Morgan fingerprint density at radius 2 is 1.33 bits per heavy atom. The van der Waals surface area contributed by atoms with E-state index in [1.165, 1.54) is 16.7 Å². The number of furan rings is 2. The molecule has 0 saturated heterocycles. The number of hydrogen-bond acceptors (Lipinski definition) is 5. The number of anilines is 3. The third-order valence-corrected chi connectivity index (χ3v) is 6.72. The van der Waals surface area contributed by atoms with Crippen molar-refractivity contribution in [3.63, 3.8) is 0 Å². The van der Waals surface area contributed by atoms with Crippen LogP contribution < -0.4 is 4.90 Å². The highest BCUT2D eigenvalue weighted by Gasteiger charge is 2.14. The van der Waals surface area contributed by atoms with Crippen LogP contribution in [0.2, 0.25) is 0 Å². The monoisotopic (exact) mass is 519 g/mol. The van der Waals surface area contributed by atoms with Crippen molar-refractivity contribution >= 4 is 22.8 Å². The van der Waals surface area contributed by atoms with Gasteiger partial charge < -0.3 is 23.2 Å². The number of aryl methyl sites for hydroxylation is 2. The molecule has 198 valence electrons. The summed E-state index contributed by atoms with van der Waals surface area (Å²) in [6.07, 6.45) is 4.14. The molecule has 0 spiro atoms. The van der Waals surface area contributed by atoms with Crippen molar-refractivity contribution in [2.24, 2.45) is 0 Å². The molecule has 0 fully saturated rings. The predicted octanol–water partition coefficient (Wildman–Crippen LogP) is 8.91. The van der Waals surface area contributed by atoms with E-state index >= 15 is 0 Å². The van der Waals surface area contributed by atoms with Crippen molar-refractivity contribution in [1.82, 2.24) is 0 Å². The lowest BCUT2D eigenvalue weighted by Crippen LogP contribution is -2.10. The molecular weight excluding hydrogens is 486 g/mol. The second-order valence-electron chi connectivity index (χ2n) is 9.49. The van der Waals surface area contributed by atoms with E-state index < -0.39 is 0 Å². The zero-order valence-corrected chi connectivity index (χ0v) is 22.4. The van der Waals surface area contributed by atoms with E-state index in [9.17, 15) is 0 Å². The largest absolute Gasteiger partial charge is 0.486 e. The van der Waals surface area contributed by atoms with Gasteiger partial charge in [-0.3, -0.25) is 0 Å². The van der Waals surface area contributed by atoms with Crippen LogP contribution in [0.5, 0.6) is 0 Å². The SMILES string of the molecule is C=C(OCc1ccco1)c1ccc(N(c2ccc(CCOCc3ccco3)cc2)c2ccc(C)c(C)c2)cc1. The van der Waals surface area contributed by atoms with Crippen LogP contribution in [0.1, 0.15) is 33.8 Å². The predicted molar refractivity (Wildman–Crippen MR) is 155 cm³/mol. The molecule has 5 nitrogen and oxygen atoms in total. The minimum atomic E-state index is 0.350. The third kappa shape index (κ3) is 6.70. The summed E-state index contributed by atoms with van der Waals surface area (Å²) in [6.45, 7) is 9.85. The summed E-state index contributed by atoms with van der Waals surface area (Å²) in [5.41, 5.74) is 7.90. The first-order chi connectivity index (χ1) is 19.1. The Kier molecular flexibility index (Phi) is 8.29. The van der Waals surface area contributed by atoms with Gasteiger partial charge in [0, 0.05) is 22.6 Å². The van der Waals surface area contributed by atoms with Crippen molar-refractivity contribution in [1.29, 1.82) is 0 Å². The maximum absolute atomic E-state index is 5.83. The van der Waals surface area contributed by atoms with E-state index in [4.69, 9.17) is 18.3 Å². The molecule has 0 atom stereocenters. The topological polar surface area (TPSA) is 48.0 Å². The first-order valence-corrected chi connectivity index (χ1v) is 13.1. The molecule has 0 aliphatic rings. The molecule has 3 aromatic carbocycles. The fraction of sp³-hybridized carbons (Fsp3) is 0.176. The highest BCUT2D eigenvalue weighted by Crippen LogP contribution is 2.36. The molecule has 0 amide bonds. The van der Waals surface area contributed by atoms with Crippen LogP contribution >= 0.6 is 0 Å². The van der Waals surface area contributed by atoms with Gasteiger partial charge in [-0.25, -0.2) is 0 Å². The lowest BCUT2D eigenvalue weighted by molar-refractivity contribution is 0.109. The molecule has 2 heterocycles. The molecule has 0 N–H and O–H groups in total. The molecule has 0 aliphatic carbocycles. The van der Waals surface area contributed by atoms with Crippen LogP contribution in [0, 0.1) is 13.8 Å². The summed E-state index contributed by atoms with van der Waals surface area (Å²) in [6, 6.07) is 31.0. The van der Waals surface area contributed by atoms with Gasteiger partial charge in [-0.1, -0.05) is 24.8 Å². The Hall–Kier alpha value is -4.48. The number of hydrogen-bond donors (Lipinski definition) is 0. The van der Waals surface area contributed by atoms with E-state index in [1.807, 2.05) is 36.4 Å². The fourth-order valence-electron chi connectivity index (χ4n) is 4.31. The summed E-state index contributed by atoms with van der Waals surface area (Å²) >= 11 is 0. The number of rotatable bonds is 12. The summed E-state index contributed by atoms with van der Waals surface area (Å²) in [5.74, 6) is 2.21. The molecule has 0 radical (unpaired) electrons. The van der Waals surface area contributed by atoms with E-state index in [0.29, 0.717) is 25.6 Å². The highest BCUT2D eigenvalue weighted by atomic mass is 16.5. The zero-order valence-electron chi connectivity index (χ0n) is 22.4. The second kappa shape index (κ2) is 12.4. The van der Waals surface area contributed by atoms with Crippen molar-refractivity contribution in [3.8, 4) is 0 Å². The van der Waals surface area contributed by atoms with Crippen LogP contribution in [0.15, 0.2) is 119 Å². The minimum Gasteiger partial charge on any atom is -0.486 e. The van der Waals surface area contributed by atoms with Crippen LogP contribution in [0.3, 0.4) is 0 Å². The highest BCUT2D eigenvalue weighted by molar-refractivity contribution is 5.78. The molecule has 5 rings (SSSR count). The first kappa shape index (κ1) is 26.1. The number of ether oxygens (including phenoxy) is 2. The molecule has 0 unspecified atom stereocenters. The van der Waals surface area contributed by atoms with E-state index in [-0.39, 0.29) is 0 Å². The van der Waals surface area contributed by atoms with E-state index in [2.05, 4.69) is 79.9 Å². The molecular formula is C34H33NO4. The van der Waals surface area contributed by atoms with Gasteiger partial charge in [-0.05, 0) is 110 Å². The summed E-state index contributed by atoms with van der Waals surface area (Å²) in [5, 5.41) is 0. The first-order valence-electron chi connectivity index (χ1n) is 13.1. The van der Waals surface area contributed by atoms with Crippen molar-refractivity contribution in [3.05, 3.63) is 144 Å². The summed E-state index contributed by atoms with van der Waals surface area (Å²) in [4.78, 5) is 2.26. The minimum absolute atomic E-state index is 0.350. The van der Waals surface area contributed by atoms with Crippen molar-refractivity contribution in [2.45, 2.75) is 33.5 Å². The van der Waals surface area contributed by atoms with Gasteiger partial charge in [-0.15, -0.1) is 0 Å². The van der Waals surface area contributed by atoms with Gasteiger partial charge in [0.25, 0.3) is 0 Å². The Morgan fingerprint density at radius 1 is 0.718 bits per heavy atom. The average molecular weight is 520 g/mol. The number of benzene rings is 3. The van der Waals surface area contributed by atoms with Crippen LogP contribution in [-0.4, -0.2) is 6.61 Å². The van der Waals surface area contributed by atoms with Crippen LogP contribution in [0.25, 0.3) is 5.76 Å². The molecule has 0 bridgehead atoms. The lowest BCUT2D eigenvalue weighted by Gasteiger charge is -2.26. The van der Waals surface area contributed by atoms with Gasteiger partial charge in [0.05, 0.1) is 19.1 Å². The van der Waals surface area contributed by atoms with Gasteiger partial charge in [0.1, 0.15) is 30.5 Å². The molecule has 5 heteroatoms. The van der Waals surface area contributed by atoms with Crippen LogP contribution in [0.4, 0.5) is 17.1 Å². The molecule has 0 saturated carbocycles. The van der Waals surface area contributed by atoms with Crippen LogP contribution in [-0.2, 0) is 29.1 Å². The zero-order chi connectivity index (χ0) is 27.0. The summed E-state index contributed by atoms with van der Waals surface area (Å²) in [7, 11) is 0. The average Bonchev–Trinajstić information content (AvgIpc) is 3.68. The van der Waals surface area contributed by atoms with Crippen molar-refractivity contribution < 1.29 is 18.3 Å². The number of nitrogens with zero attached hydrogens (tertiary/aromatic N) is 1. The Bertz CT molecular complexity index is 1470. The van der Waals surface area contributed by atoms with Gasteiger partial charge in [-0.2, -0.15) is 0 Å². The maximum Gasteiger partial charge on any atom is 0.146 e. The normalized spacial score (nSPS) is 10.9.